The number of nitrogens with zero attached hydrogens (tertiary/aromatic N) is 3. The zero-order valence-electron chi connectivity index (χ0n) is 27.2. The van der Waals surface area contributed by atoms with Crippen molar-refractivity contribution in [2.75, 3.05) is 0 Å². The molecule has 7 aromatic carbocycles. The van der Waals surface area contributed by atoms with Crippen LogP contribution in [0.4, 0.5) is 0 Å². The summed E-state index contributed by atoms with van der Waals surface area (Å²) >= 11 is 0. The number of benzene rings is 7. The monoisotopic (exact) mass is 637 g/mol. The molecule has 3 heterocycles. The van der Waals surface area contributed by atoms with Gasteiger partial charge >= 0.3 is 0 Å². The van der Waals surface area contributed by atoms with Crippen LogP contribution in [0.15, 0.2) is 188 Å². The number of rotatable bonds is 5. The Morgan fingerprint density at radius 2 is 0.800 bits per heavy atom. The molecule has 0 aliphatic rings. The van der Waals surface area contributed by atoms with Crippen LogP contribution in [0.25, 0.3) is 88.4 Å². The lowest BCUT2D eigenvalue weighted by atomic mass is 10.0. The molecule has 3 heteroatoms. The number of para-hydroxylation sites is 1. The zero-order chi connectivity index (χ0) is 33.0. The molecule has 0 aliphatic carbocycles. The van der Waals surface area contributed by atoms with Crippen molar-refractivity contribution in [2.45, 2.75) is 0 Å². The van der Waals surface area contributed by atoms with Crippen LogP contribution < -0.4 is 0 Å². The van der Waals surface area contributed by atoms with Gasteiger partial charge in [0.2, 0.25) is 0 Å². The molecular formula is C47H31N3. The molecule has 0 spiro atoms. The van der Waals surface area contributed by atoms with Crippen LogP contribution in [0.2, 0.25) is 0 Å². The molecule has 50 heavy (non-hydrogen) atoms. The number of hydrogen-bond acceptors (Lipinski definition) is 1. The molecule has 0 unspecified atom stereocenters. The van der Waals surface area contributed by atoms with E-state index in [9.17, 15) is 0 Å². The topological polar surface area (TPSA) is 22.8 Å². The van der Waals surface area contributed by atoms with Crippen molar-refractivity contribution in [3.05, 3.63) is 188 Å². The van der Waals surface area contributed by atoms with Crippen LogP contribution in [0.3, 0.4) is 0 Å². The standard InChI is InChI=1S/C47H31N3/c1-3-10-32(11-4-1)34-18-22-38(23-19-34)49-46-25-21-37(30-42(46)43-31-48-27-26-47(43)49)36-20-24-45-41(29-36)40-16-7-8-17-44(40)50(45)39-15-9-14-35(28-39)33-12-5-2-6-13-33/h1-31H. The van der Waals surface area contributed by atoms with E-state index in [2.05, 4.69) is 190 Å². The molecule has 0 radical (unpaired) electrons. The molecule has 10 rings (SSSR count). The van der Waals surface area contributed by atoms with E-state index in [0.717, 1.165) is 22.3 Å². The fourth-order valence-electron chi connectivity index (χ4n) is 7.64. The molecule has 0 fully saturated rings. The molecule has 3 aromatic heterocycles. The van der Waals surface area contributed by atoms with Gasteiger partial charge in [-0.1, -0.05) is 115 Å². The van der Waals surface area contributed by atoms with Crippen molar-refractivity contribution in [3.8, 4) is 44.8 Å². The van der Waals surface area contributed by atoms with E-state index in [4.69, 9.17) is 0 Å². The van der Waals surface area contributed by atoms with Gasteiger partial charge in [-0.2, -0.15) is 0 Å². The molecule has 0 bridgehead atoms. The second-order valence-corrected chi connectivity index (χ2v) is 12.9. The minimum absolute atomic E-state index is 1.13. The van der Waals surface area contributed by atoms with Crippen molar-refractivity contribution >= 4 is 43.6 Å². The van der Waals surface area contributed by atoms with Gasteiger partial charge in [0.1, 0.15) is 0 Å². The maximum atomic E-state index is 4.54. The molecule has 10 aromatic rings. The molecule has 3 nitrogen and oxygen atoms in total. The zero-order valence-corrected chi connectivity index (χ0v) is 27.2. The summed E-state index contributed by atoms with van der Waals surface area (Å²) in [6.07, 6.45) is 3.88. The Bertz CT molecular complexity index is 2840. The lowest BCUT2D eigenvalue weighted by molar-refractivity contribution is 1.17. The molecular weight excluding hydrogens is 607 g/mol. The van der Waals surface area contributed by atoms with Gasteiger partial charge < -0.3 is 9.13 Å². The minimum atomic E-state index is 1.13. The minimum Gasteiger partial charge on any atom is -0.309 e. The summed E-state index contributed by atoms with van der Waals surface area (Å²) in [7, 11) is 0. The first-order valence-electron chi connectivity index (χ1n) is 17.0. The lowest BCUT2D eigenvalue weighted by Gasteiger charge is -2.11. The Balaban J connectivity index is 1.10. The Hall–Kier alpha value is -6.71. The maximum Gasteiger partial charge on any atom is 0.0571 e. The van der Waals surface area contributed by atoms with E-state index in [0.29, 0.717) is 0 Å². The maximum absolute atomic E-state index is 4.54. The highest BCUT2D eigenvalue weighted by Crippen LogP contribution is 2.38. The third-order valence-corrected chi connectivity index (χ3v) is 10.0. The average Bonchev–Trinajstić information content (AvgIpc) is 3.71. The molecule has 0 saturated carbocycles. The summed E-state index contributed by atoms with van der Waals surface area (Å²) in [5.41, 5.74) is 14.2. The summed E-state index contributed by atoms with van der Waals surface area (Å²) in [4.78, 5) is 4.54. The number of aromatic nitrogens is 3. The molecule has 0 N–H and O–H groups in total. The SMILES string of the molecule is c1ccc(-c2ccc(-n3c4ccncc4c4cc(-c5ccc6c(c5)c5ccccc5n6-c5cccc(-c6ccccc6)c5)ccc43)cc2)cc1. The summed E-state index contributed by atoms with van der Waals surface area (Å²) in [6.45, 7) is 0. The van der Waals surface area contributed by atoms with Crippen LogP contribution in [0.5, 0.6) is 0 Å². The van der Waals surface area contributed by atoms with Gasteiger partial charge in [-0.05, 0) is 94.0 Å². The number of pyridine rings is 1. The first kappa shape index (κ1) is 28.3. The van der Waals surface area contributed by atoms with Gasteiger partial charge in [-0.15, -0.1) is 0 Å². The van der Waals surface area contributed by atoms with Crippen molar-refractivity contribution in [1.29, 1.82) is 0 Å². The average molecular weight is 638 g/mol. The van der Waals surface area contributed by atoms with Crippen LogP contribution in [-0.2, 0) is 0 Å². The Morgan fingerprint density at radius 3 is 1.52 bits per heavy atom. The second kappa shape index (κ2) is 11.5. The van der Waals surface area contributed by atoms with Crippen LogP contribution in [0.1, 0.15) is 0 Å². The van der Waals surface area contributed by atoms with Crippen molar-refractivity contribution in [1.82, 2.24) is 14.1 Å². The predicted molar refractivity (Wildman–Crippen MR) is 209 cm³/mol. The van der Waals surface area contributed by atoms with Crippen molar-refractivity contribution in [2.24, 2.45) is 0 Å². The van der Waals surface area contributed by atoms with E-state index in [1.165, 1.54) is 66.1 Å². The van der Waals surface area contributed by atoms with E-state index in [-0.39, 0.29) is 0 Å². The molecule has 0 saturated heterocycles. The fourth-order valence-corrected chi connectivity index (χ4v) is 7.64. The van der Waals surface area contributed by atoms with Gasteiger partial charge in [-0.3, -0.25) is 4.98 Å². The first-order chi connectivity index (χ1) is 24.8. The largest absolute Gasteiger partial charge is 0.309 e. The summed E-state index contributed by atoms with van der Waals surface area (Å²) in [5.74, 6) is 0. The van der Waals surface area contributed by atoms with Crippen molar-refractivity contribution in [3.63, 3.8) is 0 Å². The Kier molecular flexibility index (Phi) is 6.49. The summed E-state index contributed by atoms with van der Waals surface area (Å²) < 4.78 is 4.75. The van der Waals surface area contributed by atoms with Crippen LogP contribution in [0, 0.1) is 0 Å². The van der Waals surface area contributed by atoms with E-state index in [1.807, 2.05) is 12.4 Å². The molecule has 0 amide bonds. The Labute approximate surface area is 290 Å². The highest BCUT2D eigenvalue weighted by molar-refractivity contribution is 6.12. The van der Waals surface area contributed by atoms with Gasteiger partial charge in [-0.25, -0.2) is 0 Å². The molecule has 0 atom stereocenters. The predicted octanol–water partition coefficient (Wildman–Crippen LogP) is 12.3. The third-order valence-electron chi connectivity index (χ3n) is 10.0. The fraction of sp³-hybridized carbons (Fsp3) is 0. The third kappa shape index (κ3) is 4.56. The summed E-state index contributed by atoms with van der Waals surface area (Å²) in [5, 5.41) is 4.83. The van der Waals surface area contributed by atoms with Gasteiger partial charge in [0, 0.05) is 45.3 Å². The normalized spacial score (nSPS) is 11.6. The first-order valence-corrected chi connectivity index (χ1v) is 17.0. The highest BCUT2D eigenvalue weighted by Gasteiger charge is 2.16. The number of fused-ring (bicyclic) bond motifs is 6. The van der Waals surface area contributed by atoms with Gasteiger partial charge in [0.05, 0.1) is 22.1 Å². The quantitative estimate of drug-likeness (QED) is 0.184. The molecule has 0 aliphatic heterocycles. The van der Waals surface area contributed by atoms with Crippen LogP contribution >= 0.6 is 0 Å². The second-order valence-electron chi connectivity index (χ2n) is 12.9. The van der Waals surface area contributed by atoms with Crippen molar-refractivity contribution < 1.29 is 0 Å². The number of hydrogen-bond donors (Lipinski definition) is 0. The van der Waals surface area contributed by atoms with E-state index < -0.39 is 0 Å². The Morgan fingerprint density at radius 1 is 0.300 bits per heavy atom. The van der Waals surface area contributed by atoms with Crippen LogP contribution in [-0.4, -0.2) is 14.1 Å². The van der Waals surface area contributed by atoms with E-state index >= 15 is 0 Å². The van der Waals surface area contributed by atoms with Gasteiger partial charge in [0.25, 0.3) is 0 Å². The summed E-state index contributed by atoms with van der Waals surface area (Å²) in [6, 6.07) is 63.4. The van der Waals surface area contributed by atoms with Gasteiger partial charge in [0.15, 0.2) is 0 Å². The smallest absolute Gasteiger partial charge is 0.0571 e. The lowest BCUT2D eigenvalue weighted by Crippen LogP contribution is -1.94. The molecule has 234 valence electrons. The van der Waals surface area contributed by atoms with E-state index in [1.54, 1.807) is 0 Å². The highest BCUT2D eigenvalue weighted by atomic mass is 15.0.